The third-order valence-electron chi connectivity index (χ3n) is 4.54. The normalized spacial score (nSPS) is 19.8. The number of benzene rings is 1. The van der Waals surface area contributed by atoms with Crippen LogP contribution in [0.2, 0.25) is 0 Å². The molecule has 0 radical (unpaired) electrons. The predicted octanol–water partition coefficient (Wildman–Crippen LogP) is 4.08. The zero-order valence-electron chi connectivity index (χ0n) is 15.0. The molecule has 26 heavy (non-hydrogen) atoms. The van der Waals surface area contributed by atoms with E-state index in [-0.39, 0.29) is 5.91 Å². The Bertz CT molecular complexity index is 737. The molecule has 0 unspecified atom stereocenters. The van der Waals surface area contributed by atoms with Gasteiger partial charge in [-0.1, -0.05) is 55.0 Å². The molecule has 6 nitrogen and oxygen atoms in total. The fraction of sp³-hybridized carbons (Fsp3) is 0.500. The fourth-order valence-corrected chi connectivity index (χ4v) is 4.66. The van der Waals surface area contributed by atoms with E-state index in [0.717, 1.165) is 22.2 Å². The van der Waals surface area contributed by atoms with Crippen molar-refractivity contribution in [2.45, 2.75) is 43.0 Å². The van der Waals surface area contributed by atoms with E-state index in [9.17, 15) is 4.79 Å². The van der Waals surface area contributed by atoms with E-state index in [0.29, 0.717) is 22.8 Å². The Morgan fingerprint density at radius 3 is 2.92 bits per heavy atom. The Morgan fingerprint density at radius 2 is 2.12 bits per heavy atom. The van der Waals surface area contributed by atoms with Crippen LogP contribution in [0.3, 0.4) is 0 Å². The van der Waals surface area contributed by atoms with Gasteiger partial charge in [0.15, 0.2) is 4.34 Å². The Balaban J connectivity index is 1.49. The number of nitrogens with zero attached hydrogens (tertiary/aromatic N) is 2. The van der Waals surface area contributed by atoms with Crippen LogP contribution in [-0.2, 0) is 4.79 Å². The summed E-state index contributed by atoms with van der Waals surface area (Å²) in [7, 11) is 1.63. The van der Waals surface area contributed by atoms with Gasteiger partial charge in [0.1, 0.15) is 5.75 Å². The molecule has 1 aliphatic carbocycles. The number of para-hydroxylation sites is 2. The zero-order valence-corrected chi connectivity index (χ0v) is 16.7. The number of aromatic nitrogens is 2. The summed E-state index contributed by atoms with van der Waals surface area (Å²) in [5.41, 5.74) is 0.840. The second-order valence-electron chi connectivity index (χ2n) is 6.42. The molecule has 1 aromatic heterocycles. The van der Waals surface area contributed by atoms with Crippen LogP contribution in [0.5, 0.6) is 5.75 Å². The molecule has 2 aromatic rings. The quantitative estimate of drug-likeness (QED) is 0.692. The molecule has 3 rings (SSSR count). The first-order valence-corrected chi connectivity index (χ1v) is 10.6. The number of carbonyl (C=O) groups is 1. The van der Waals surface area contributed by atoms with E-state index in [1.54, 1.807) is 7.11 Å². The first-order valence-electron chi connectivity index (χ1n) is 8.81. The van der Waals surface area contributed by atoms with Gasteiger partial charge in [0.2, 0.25) is 11.0 Å². The molecule has 1 saturated carbocycles. The maximum atomic E-state index is 12.2. The minimum Gasteiger partial charge on any atom is -0.495 e. The summed E-state index contributed by atoms with van der Waals surface area (Å²) in [6, 6.07) is 7.96. The number of thioether (sulfide) groups is 1. The molecular formula is C18H24N4O2S2. The predicted molar refractivity (Wildman–Crippen MR) is 106 cm³/mol. The van der Waals surface area contributed by atoms with Gasteiger partial charge in [-0.05, 0) is 30.9 Å². The third kappa shape index (κ3) is 5.11. The highest BCUT2D eigenvalue weighted by Gasteiger charge is 2.22. The van der Waals surface area contributed by atoms with Crippen LogP contribution in [0.4, 0.5) is 10.8 Å². The molecule has 2 atom stereocenters. The molecular weight excluding hydrogens is 368 g/mol. The lowest BCUT2D eigenvalue weighted by Gasteiger charge is -2.29. The van der Waals surface area contributed by atoms with Gasteiger partial charge in [-0.2, -0.15) is 0 Å². The number of ether oxygens (including phenoxy) is 1. The molecule has 0 aliphatic heterocycles. The highest BCUT2D eigenvalue weighted by Crippen LogP contribution is 2.31. The van der Waals surface area contributed by atoms with E-state index >= 15 is 0 Å². The van der Waals surface area contributed by atoms with Gasteiger partial charge in [-0.3, -0.25) is 4.79 Å². The number of anilines is 2. The number of nitrogens with one attached hydrogen (secondary N) is 2. The average molecular weight is 393 g/mol. The Hall–Kier alpha value is -1.80. The summed E-state index contributed by atoms with van der Waals surface area (Å²) in [5, 5.41) is 15.3. The van der Waals surface area contributed by atoms with Crippen LogP contribution < -0.4 is 15.4 Å². The van der Waals surface area contributed by atoms with Crippen molar-refractivity contribution in [2.75, 3.05) is 18.2 Å². The molecule has 0 saturated heterocycles. The van der Waals surface area contributed by atoms with Crippen molar-refractivity contribution in [3.63, 3.8) is 0 Å². The van der Waals surface area contributed by atoms with Gasteiger partial charge in [0.05, 0.1) is 18.6 Å². The molecule has 1 heterocycles. The van der Waals surface area contributed by atoms with E-state index in [1.165, 1.54) is 42.4 Å². The highest BCUT2D eigenvalue weighted by molar-refractivity contribution is 8.01. The van der Waals surface area contributed by atoms with Crippen molar-refractivity contribution in [3.8, 4) is 5.75 Å². The summed E-state index contributed by atoms with van der Waals surface area (Å²) >= 11 is 2.85. The van der Waals surface area contributed by atoms with Gasteiger partial charge < -0.3 is 15.4 Å². The van der Waals surface area contributed by atoms with Crippen molar-refractivity contribution in [3.05, 3.63) is 24.3 Å². The molecule has 0 spiro atoms. The first kappa shape index (κ1) is 19.0. The van der Waals surface area contributed by atoms with E-state index in [2.05, 4.69) is 27.8 Å². The summed E-state index contributed by atoms with van der Waals surface area (Å²) < 4.78 is 6.09. The lowest BCUT2D eigenvalue weighted by atomic mass is 9.86. The lowest BCUT2D eigenvalue weighted by molar-refractivity contribution is -0.119. The smallest absolute Gasteiger partial charge is 0.230 e. The second kappa shape index (κ2) is 9.23. The molecule has 1 fully saturated rings. The number of carbonyl (C=O) groups excluding carboxylic acids is 1. The van der Waals surface area contributed by atoms with Gasteiger partial charge in [0, 0.05) is 6.04 Å². The third-order valence-corrected chi connectivity index (χ3v) is 6.51. The standard InChI is InChI=1S/C18H24N4O2S2/c1-12-7-3-4-8-13(12)19-16(23)11-25-18-22-21-17(26-18)20-14-9-5-6-10-15(14)24-2/h5-6,9-10,12-13H,3-4,7-8,11H2,1-2H3,(H,19,23)(H,20,21)/t12-,13+/m1/s1. The lowest BCUT2D eigenvalue weighted by Crippen LogP contribution is -2.41. The fourth-order valence-electron chi connectivity index (χ4n) is 3.09. The summed E-state index contributed by atoms with van der Waals surface area (Å²) in [6.07, 6.45) is 4.77. The Kier molecular flexibility index (Phi) is 6.73. The Morgan fingerprint density at radius 1 is 1.31 bits per heavy atom. The van der Waals surface area contributed by atoms with Gasteiger partial charge in [0.25, 0.3) is 0 Å². The number of methoxy groups -OCH3 is 1. The minimum atomic E-state index is 0.0724. The van der Waals surface area contributed by atoms with Crippen LogP contribution in [0.1, 0.15) is 32.6 Å². The number of hydrogen-bond donors (Lipinski definition) is 2. The van der Waals surface area contributed by atoms with Gasteiger partial charge >= 0.3 is 0 Å². The van der Waals surface area contributed by atoms with Gasteiger partial charge in [-0.25, -0.2) is 0 Å². The van der Waals surface area contributed by atoms with Crippen LogP contribution in [-0.4, -0.2) is 35.0 Å². The Labute approximate surface area is 162 Å². The molecule has 8 heteroatoms. The molecule has 1 amide bonds. The van der Waals surface area contributed by atoms with Crippen molar-refractivity contribution in [1.82, 2.24) is 15.5 Å². The molecule has 2 N–H and O–H groups in total. The second-order valence-corrected chi connectivity index (χ2v) is 8.62. The van der Waals surface area contributed by atoms with Crippen LogP contribution in [0, 0.1) is 5.92 Å². The average Bonchev–Trinajstić information content (AvgIpc) is 3.10. The molecule has 1 aliphatic rings. The number of rotatable bonds is 7. The molecule has 140 valence electrons. The van der Waals surface area contributed by atoms with Crippen molar-refractivity contribution < 1.29 is 9.53 Å². The van der Waals surface area contributed by atoms with Crippen LogP contribution in [0.25, 0.3) is 0 Å². The topological polar surface area (TPSA) is 76.1 Å². The molecule has 1 aromatic carbocycles. The monoisotopic (exact) mass is 392 g/mol. The number of amides is 1. The first-order chi connectivity index (χ1) is 12.7. The van der Waals surface area contributed by atoms with E-state index in [1.807, 2.05) is 24.3 Å². The maximum Gasteiger partial charge on any atom is 0.230 e. The maximum absolute atomic E-state index is 12.2. The zero-order chi connectivity index (χ0) is 18.4. The van der Waals surface area contributed by atoms with Gasteiger partial charge in [-0.15, -0.1) is 10.2 Å². The van der Waals surface area contributed by atoms with Crippen molar-refractivity contribution in [2.24, 2.45) is 5.92 Å². The number of hydrogen-bond acceptors (Lipinski definition) is 7. The molecule has 0 bridgehead atoms. The summed E-state index contributed by atoms with van der Waals surface area (Å²) in [5.74, 6) is 1.75. The summed E-state index contributed by atoms with van der Waals surface area (Å²) in [6.45, 7) is 2.22. The largest absolute Gasteiger partial charge is 0.495 e. The van der Waals surface area contributed by atoms with Crippen molar-refractivity contribution >= 4 is 39.8 Å². The van der Waals surface area contributed by atoms with E-state index < -0.39 is 0 Å². The minimum absolute atomic E-state index is 0.0724. The summed E-state index contributed by atoms with van der Waals surface area (Å²) in [4.78, 5) is 12.2. The van der Waals surface area contributed by atoms with Crippen LogP contribution >= 0.6 is 23.1 Å². The SMILES string of the molecule is COc1ccccc1Nc1nnc(SCC(=O)N[C@H]2CCCC[C@H]2C)s1. The van der Waals surface area contributed by atoms with Crippen molar-refractivity contribution in [1.29, 1.82) is 0 Å². The van der Waals surface area contributed by atoms with E-state index in [4.69, 9.17) is 4.74 Å². The highest BCUT2D eigenvalue weighted by atomic mass is 32.2. The van der Waals surface area contributed by atoms with Crippen LogP contribution in [0.15, 0.2) is 28.6 Å².